The zero-order chi connectivity index (χ0) is 77.2. The van der Waals surface area contributed by atoms with E-state index in [2.05, 4.69) is 68.6 Å². The van der Waals surface area contributed by atoms with Gasteiger partial charge in [-0.15, -0.1) is 0 Å². The van der Waals surface area contributed by atoms with Crippen LogP contribution in [0.2, 0.25) is 0 Å². The molecule has 12 rings (SSSR count). The number of cyclic esters (lactones) is 2. The zero-order valence-electron chi connectivity index (χ0n) is 67.2. The predicted octanol–water partition coefficient (Wildman–Crippen LogP) is 11.3. The number of ether oxygens (including phenoxy) is 16. The smallest absolute Gasteiger partial charge is 0.307 e. The Labute approximate surface area is 642 Å². The molecule has 6 saturated heterocycles. The first-order valence-corrected chi connectivity index (χ1v) is 41.0. The number of nitrogens with zero attached hydrogens (tertiary/aromatic N) is 1. The number of amides is 1. The number of nitrogens with one attached hydrogen (secondary N) is 1. The van der Waals surface area contributed by atoms with E-state index in [-0.39, 0.29) is 205 Å². The molecule has 0 radical (unpaired) electrons. The van der Waals surface area contributed by atoms with Gasteiger partial charge in [0.25, 0.3) is 0 Å². The molecule has 6 heterocycles. The number of rotatable bonds is 21. The number of esters is 2. The van der Waals surface area contributed by atoms with Crippen molar-refractivity contribution in [2.45, 2.75) is 306 Å². The SMILES string of the molecule is CC/C=C/C1CCC[C@H](O[C@H]2CC[C@H](N(C)C=O)[C@@H](C)O2)[C@@H](C)C(=O)C2=CC3C(C=CC4C[C@@H](O[C@@H]5O[C@@H](C)[C@H](OC)[C@@H](OC)[C@H]5OC)CC43)C2CC(=O)O1.CC/C=C/C1CCC[C@H](O[C@H]2CC[C@H](NC)[C@@H](C)O2)[C@@H](C)C(=O)C2=CC3C(C=CC4C[C@@H](O[C@@H]5O[C@@H](C)[C@H](OC)[C@@H](OC)[C@H]5OC)CC43)C2CC(=O)O1. The van der Waals surface area contributed by atoms with Gasteiger partial charge in [0.15, 0.2) is 36.7 Å². The second kappa shape index (κ2) is 39.1. The van der Waals surface area contributed by atoms with E-state index >= 15 is 0 Å². The van der Waals surface area contributed by atoms with Gasteiger partial charge in [-0.3, -0.25) is 24.0 Å². The standard InChI is InChI=1S/C43H65NO11.C42H65NO10/c1-9-10-12-28-13-11-14-36(55-38-18-17-35(25(3)51-38)44(5)23-45)24(2)39(47)34-21-32-30(33(34)22-37(46)53-28)16-15-27-19-29(20-31(27)32)54-43-42(50-8)41(49-7)40(48-6)26(4)52-43;1-9-10-12-27-13-11-14-35(53-37-18-17-34(43-5)24(3)49-37)23(2)38(45)33-21-31-29(32(33)22-36(44)51-27)16-15-26-19-28(20-30(26)31)52-42-41(48-8)40(47-7)39(46-6)25(4)50-42/h10,12,15-16,21,23-33,35-36,38,40-43H,9,11,13-14,17-20,22H2,1-8H3;10,12,15-16,21,23-32,34-35,37,39-43H,9,11,13-14,17-20,22H2,1-8H3/b2*12-10+/t24-,25-,26+,27?,28?,29-,30?,31?,32?,33?,35+,36+,38+,40+,41-,42-,43+;23-,24-,25+,26?,27?,28-,29?,30?,31?,32?,34+,35+,37+,39+,40-,41-,42+/m11/s1. The molecule has 108 heavy (non-hydrogen) atoms. The molecule has 6 aliphatic heterocycles. The summed E-state index contributed by atoms with van der Waals surface area (Å²) in [4.78, 5) is 69.8. The number of likely N-dealkylation sites (N-methyl/N-ethyl adjacent to an activating group) is 2. The molecule has 2 saturated carbocycles. The maximum Gasteiger partial charge on any atom is 0.307 e. The zero-order valence-corrected chi connectivity index (χ0v) is 67.2. The third kappa shape index (κ3) is 19.2. The number of carbonyl (C=O) groups excluding carboxylic acids is 5. The number of carbonyl (C=O) groups is 5. The second-order valence-electron chi connectivity index (χ2n) is 32.9. The summed E-state index contributed by atoms with van der Waals surface area (Å²) in [6.45, 7) is 16.1. The molecule has 12 unspecified atom stereocenters. The fourth-order valence-electron chi connectivity index (χ4n) is 20.6. The molecule has 606 valence electrons. The summed E-state index contributed by atoms with van der Waals surface area (Å²) in [5.41, 5.74) is 1.46. The highest BCUT2D eigenvalue weighted by molar-refractivity contribution is 6.00. The lowest BCUT2D eigenvalue weighted by atomic mass is 9.70. The number of fused-ring (bicyclic) bond motifs is 10. The molecule has 1 N–H and O–H groups in total. The van der Waals surface area contributed by atoms with E-state index in [9.17, 15) is 24.0 Å². The Hall–Kier alpha value is -4.41. The Morgan fingerprint density at radius 2 is 0.907 bits per heavy atom. The molecule has 0 aromatic rings. The molecule has 0 bridgehead atoms. The van der Waals surface area contributed by atoms with E-state index < -0.39 is 37.0 Å². The fraction of sp³-hybridized carbons (Fsp3) is 0.800. The Kier molecular flexibility index (Phi) is 30.6. The molecule has 0 aromatic heterocycles. The quantitative estimate of drug-likeness (QED) is 0.0637. The molecular formula is C85H130N2O21. The van der Waals surface area contributed by atoms with Gasteiger partial charge in [0, 0.05) is 85.8 Å². The maximum atomic E-state index is 14.7. The van der Waals surface area contributed by atoms with E-state index in [1.165, 1.54) is 0 Å². The van der Waals surface area contributed by atoms with E-state index in [1.807, 2.05) is 59.9 Å². The Morgan fingerprint density at radius 3 is 1.30 bits per heavy atom. The summed E-state index contributed by atoms with van der Waals surface area (Å²) in [5, 5.41) is 3.34. The molecule has 8 fully saturated rings. The second-order valence-corrected chi connectivity index (χ2v) is 32.9. The highest BCUT2D eigenvalue weighted by Crippen LogP contribution is 2.57. The first-order chi connectivity index (χ1) is 52.1. The van der Waals surface area contributed by atoms with Gasteiger partial charge in [0.1, 0.15) is 48.8 Å². The monoisotopic (exact) mass is 1510 g/mol. The van der Waals surface area contributed by atoms with Crippen molar-refractivity contribution < 1.29 is 99.8 Å². The van der Waals surface area contributed by atoms with Crippen LogP contribution < -0.4 is 5.32 Å². The van der Waals surface area contributed by atoms with E-state index in [1.54, 1.807) is 54.6 Å². The minimum Gasteiger partial charge on any atom is -0.458 e. The molecular weight excluding hydrogens is 1380 g/mol. The summed E-state index contributed by atoms with van der Waals surface area (Å²) in [7, 11) is 13.7. The number of allylic oxidation sites excluding steroid dienone is 10. The number of hydrogen-bond donors (Lipinski definition) is 1. The number of Topliss-reactive ketones (excluding diaryl/α,β-unsaturated/α-hetero) is 2. The third-order valence-electron chi connectivity index (χ3n) is 26.4. The summed E-state index contributed by atoms with van der Waals surface area (Å²) in [6, 6.07) is 0.255. The average Bonchev–Trinajstić information content (AvgIpc) is 1.60. The van der Waals surface area contributed by atoms with Crippen LogP contribution in [0.15, 0.2) is 71.9 Å². The molecule has 6 aliphatic carbocycles. The molecule has 0 aromatic carbocycles. The maximum absolute atomic E-state index is 14.7. The van der Waals surface area contributed by atoms with Crippen molar-refractivity contribution in [2.75, 3.05) is 56.8 Å². The minimum atomic E-state index is -0.616. The summed E-state index contributed by atoms with van der Waals surface area (Å²) in [6.07, 6.45) is 28.6. The lowest BCUT2D eigenvalue weighted by Crippen LogP contribution is -2.59. The first-order valence-electron chi connectivity index (χ1n) is 41.0. The van der Waals surface area contributed by atoms with Gasteiger partial charge in [0.2, 0.25) is 6.41 Å². The highest BCUT2D eigenvalue weighted by Gasteiger charge is 2.56. The Balaban J connectivity index is 0.000000215. The lowest BCUT2D eigenvalue weighted by Gasteiger charge is -2.44. The van der Waals surface area contributed by atoms with E-state index in [4.69, 9.17) is 75.8 Å². The van der Waals surface area contributed by atoms with Crippen molar-refractivity contribution in [3.05, 3.63) is 71.9 Å². The first kappa shape index (κ1) is 84.5. The van der Waals surface area contributed by atoms with Crippen LogP contribution in [-0.4, -0.2) is 226 Å². The van der Waals surface area contributed by atoms with Crippen LogP contribution in [0.4, 0.5) is 0 Å². The minimum absolute atomic E-state index is 0.00192. The summed E-state index contributed by atoms with van der Waals surface area (Å²) >= 11 is 0. The van der Waals surface area contributed by atoms with Crippen molar-refractivity contribution in [2.24, 2.45) is 71.0 Å². The number of methoxy groups -OCH3 is 6. The van der Waals surface area contributed by atoms with Crippen LogP contribution in [0.5, 0.6) is 0 Å². The van der Waals surface area contributed by atoms with Gasteiger partial charge in [-0.2, -0.15) is 0 Å². The third-order valence-corrected chi connectivity index (χ3v) is 26.4. The van der Waals surface area contributed by atoms with Crippen molar-refractivity contribution >= 4 is 29.9 Å². The average molecular weight is 1520 g/mol. The fourth-order valence-corrected chi connectivity index (χ4v) is 20.6. The molecule has 1 amide bonds. The molecule has 12 aliphatic rings. The summed E-state index contributed by atoms with van der Waals surface area (Å²) < 4.78 is 99.0. The Bertz CT molecular complexity index is 3160. The predicted molar refractivity (Wildman–Crippen MR) is 402 cm³/mol. The molecule has 23 heteroatoms. The lowest BCUT2D eigenvalue weighted by molar-refractivity contribution is -0.314. The van der Waals surface area contributed by atoms with Crippen LogP contribution in [0.1, 0.15) is 171 Å². The van der Waals surface area contributed by atoms with Crippen molar-refractivity contribution in [3.63, 3.8) is 0 Å². The van der Waals surface area contributed by atoms with Gasteiger partial charge in [0.05, 0.1) is 67.7 Å². The van der Waals surface area contributed by atoms with Crippen molar-refractivity contribution in [1.82, 2.24) is 10.2 Å². The van der Waals surface area contributed by atoms with Crippen LogP contribution in [0.25, 0.3) is 0 Å². The van der Waals surface area contributed by atoms with E-state index in [0.717, 1.165) is 82.6 Å². The largest absolute Gasteiger partial charge is 0.458 e. The van der Waals surface area contributed by atoms with Crippen molar-refractivity contribution in [1.29, 1.82) is 0 Å². The van der Waals surface area contributed by atoms with E-state index in [0.29, 0.717) is 37.7 Å². The van der Waals surface area contributed by atoms with Gasteiger partial charge < -0.3 is 86.0 Å². The van der Waals surface area contributed by atoms with Gasteiger partial charge in [-0.1, -0.05) is 76.3 Å². The number of ketones is 2. The molecule has 34 atom stereocenters. The van der Waals surface area contributed by atoms with Crippen LogP contribution >= 0.6 is 0 Å². The van der Waals surface area contributed by atoms with Gasteiger partial charge in [-0.25, -0.2) is 0 Å². The van der Waals surface area contributed by atoms with Crippen molar-refractivity contribution in [3.8, 4) is 0 Å². The van der Waals surface area contributed by atoms with Crippen LogP contribution in [-0.2, 0) is 99.8 Å². The Morgan fingerprint density at radius 1 is 0.481 bits per heavy atom. The van der Waals surface area contributed by atoms with Crippen LogP contribution in [0.3, 0.4) is 0 Å². The topological polar surface area (TPSA) is 248 Å². The highest BCUT2D eigenvalue weighted by atomic mass is 16.7. The summed E-state index contributed by atoms with van der Waals surface area (Å²) in [5.74, 6) is -0.509. The molecule has 0 spiro atoms. The van der Waals surface area contributed by atoms with Gasteiger partial charge in [-0.05, 0) is 202 Å². The normalized spacial score (nSPS) is 44.4. The number of hydrogen-bond acceptors (Lipinski definition) is 22. The van der Waals surface area contributed by atoms with Crippen LogP contribution in [0, 0.1) is 71.0 Å². The molecule has 23 nitrogen and oxygen atoms in total. The van der Waals surface area contributed by atoms with Gasteiger partial charge >= 0.3 is 11.9 Å².